The van der Waals surface area contributed by atoms with E-state index in [2.05, 4.69) is 6.92 Å². The van der Waals surface area contributed by atoms with Gasteiger partial charge in [0.1, 0.15) is 5.82 Å². The Bertz CT molecular complexity index is 279. The Morgan fingerprint density at radius 3 is 2.73 bits per heavy atom. The SMILES string of the molecule is [CH2]/C=C/c1ccc(F)c(Cl)c1. The first-order valence-corrected chi connectivity index (χ1v) is 3.52. The van der Waals surface area contributed by atoms with Crippen LogP contribution < -0.4 is 0 Å². The number of allylic oxidation sites excluding steroid dienone is 1. The first-order valence-electron chi connectivity index (χ1n) is 3.15. The van der Waals surface area contributed by atoms with Crippen molar-refractivity contribution in [2.24, 2.45) is 0 Å². The zero-order valence-corrected chi connectivity index (χ0v) is 6.61. The molecule has 1 aromatic carbocycles. The molecule has 0 aliphatic heterocycles. The molecular formula is C9H7ClF. The number of hydrogen-bond donors (Lipinski definition) is 0. The summed E-state index contributed by atoms with van der Waals surface area (Å²) < 4.78 is 12.6. The minimum Gasteiger partial charge on any atom is -0.205 e. The van der Waals surface area contributed by atoms with Gasteiger partial charge in [0.25, 0.3) is 0 Å². The van der Waals surface area contributed by atoms with Gasteiger partial charge in [-0.05, 0) is 24.6 Å². The molecule has 0 amide bonds. The summed E-state index contributed by atoms with van der Waals surface area (Å²) in [6, 6.07) is 4.53. The fourth-order valence-electron chi connectivity index (χ4n) is 0.752. The predicted molar refractivity (Wildman–Crippen MR) is 45.8 cm³/mol. The van der Waals surface area contributed by atoms with Crippen molar-refractivity contribution in [1.29, 1.82) is 0 Å². The second-order valence-corrected chi connectivity index (χ2v) is 2.48. The van der Waals surface area contributed by atoms with Crippen LogP contribution in [0.25, 0.3) is 6.08 Å². The van der Waals surface area contributed by atoms with E-state index < -0.39 is 5.82 Å². The summed E-state index contributed by atoms with van der Waals surface area (Å²) in [6.45, 7) is 3.52. The van der Waals surface area contributed by atoms with Gasteiger partial charge in [0, 0.05) is 0 Å². The van der Waals surface area contributed by atoms with E-state index in [1.807, 2.05) is 0 Å². The molecule has 1 radical (unpaired) electrons. The molecule has 0 spiro atoms. The van der Waals surface area contributed by atoms with Gasteiger partial charge in [0.15, 0.2) is 0 Å². The van der Waals surface area contributed by atoms with Crippen molar-refractivity contribution in [1.82, 2.24) is 0 Å². The van der Waals surface area contributed by atoms with Crippen LogP contribution in [0.5, 0.6) is 0 Å². The highest BCUT2D eigenvalue weighted by atomic mass is 35.5. The van der Waals surface area contributed by atoms with E-state index in [0.717, 1.165) is 5.56 Å². The molecule has 0 atom stereocenters. The van der Waals surface area contributed by atoms with Crippen molar-refractivity contribution in [2.45, 2.75) is 0 Å². The molecule has 0 bridgehead atoms. The van der Waals surface area contributed by atoms with E-state index in [9.17, 15) is 4.39 Å². The van der Waals surface area contributed by atoms with Gasteiger partial charge in [0.05, 0.1) is 5.02 Å². The van der Waals surface area contributed by atoms with E-state index in [1.165, 1.54) is 6.07 Å². The highest BCUT2D eigenvalue weighted by Gasteiger charge is 1.96. The van der Waals surface area contributed by atoms with Crippen LogP contribution in [0.4, 0.5) is 4.39 Å². The maximum atomic E-state index is 12.6. The lowest BCUT2D eigenvalue weighted by molar-refractivity contribution is 0.628. The molecule has 0 aliphatic carbocycles. The summed E-state index contributed by atoms with van der Waals surface area (Å²) >= 11 is 5.52. The minimum absolute atomic E-state index is 0.139. The molecule has 0 saturated heterocycles. The van der Waals surface area contributed by atoms with Gasteiger partial charge in [-0.2, -0.15) is 0 Å². The van der Waals surface area contributed by atoms with Crippen LogP contribution in [-0.2, 0) is 0 Å². The maximum absolute atomic E-state index is 12.6. The molecule has 1 rings (SSSR count). The molecule has 11 heavy (non-hydrogen) atoms. The van der Waals surface area contributed by atoms with Gasteiger partial charge in [-0.3, -0.25) is 0 Å². The summed E-state index contributed by atoms with van der Waals surface area (Å²) in [5.74, 6) is -0.395. The van der Waals surface area contributed by atoms with Crippen LogP contribution in [0.1, 0.15) is 5.56 Å². The van der Waals surface area contributed by atoms with Crippen LogP contribution in [0, 0.1) is 12.7 Å². The topological polar surface area (TPSA) is 0 Å². The van der Waals surface area contributed by atoms with Crippen molar-refractivity contribution in [3.63, 3.8) is 0 Å². The van der Waals surface area contributed by atoms with Gasteiger partial charge in [0.2, 0.25) is 0 Å². The van der Waals surface area contributed by atoms with Crippen LogP contribution in [0.3, 0.4) is 0 Å². The quantitative estimate of drug-likeness (QED) is 0.605. The maximum Gasteiger partial charge on any atom is 0.141 e. The Kier molecular flexibility index (Phi) is 2.66. The second kappa shape index (κ2) is 3.54. The van der Waals surface area contributed by atoms with Gasteiger partial charge in [-0.15, -0.1) is 0 Å². The molecule has 0 nitrogen and oxygen atoms in total. The Balaban J connectivity index is 3.05. The van der Waals surface area contributed by atoms with E-state index in [-0.39, 0.29) is 5.02 Å². The molecular weight excluding hydrogens is 163 g/mol. The Morgan fingerprint density at radius 2 is 2.18 bits per heavy atom. The largest absolute Gasteiger partial charge is 0.205 e. The highest BCUT2D eigenvalue weighted by Crippen LogP contribution is 2.16. The molecule has 0 unspecified atom stereocenters. The first-order chi connectivity index (χ1) is 5.24. The van der Waals surface area contributed by atoms with Gasteiger partial charge < -0.3 is 0 Å². The molecule has 2 heteroatoms. The molecule has 0 aromatic heterocycles. The lowest BCUT2D eigenvalue weighted by Gasteiger charge is -1.94. The lowest BCUT2D eigenvalue weighted by atomic mass is 10.2. The standard InChI is InChI=1S/C9H7ClF/c1-2-3-7-4-5-9(11)8(10)6-7/h2-6H,1H2/b3-2+. The van der Waals surface area contributed by atoms with E-state index in [1.54, 1.807) is 24.3 Å². The number of rotatable bonds is 1. The van der Waals surface area contributed by atoms with Gasteiger partial charge in [-0.1, -0.05) is 29.8 Å². The average molecular weight is 170 g/mol. The van der Waals surface area contributed by atoms with E-state index >= 15 is 0 Å². The summed E-state index contributed by atoms with van der Waals surface area (Å²) in [5.41, 5.74) is 0.853. The number of hydrogen-bond acceptors (Lipinski definition) is 0. The third kappa shape index (κ3) is 2.05. The van der Waals surface area contributed by atoms with Crippen LogP contribution in [0.15, 0.2) is 24.3 Å². The molecule has 0 heterocycles. The van der Waals surface area contributed by atoms with Crippen molar-refractivity contribution in [3.05, 3.63) is 47.6 Å². The molecule has 0 aliphatic rings. The zero-order chi connectivity index (χ0) is 8.27. The van der Waals surface area contributed by atoms with Crippen LogP contribution in [-0.4, -0.2) is 0 Å². The molecule has 0 saturated carbocycles. The summed E-state index contributed by atoms with van der Waals surface area (Å²) in [7, 11) is 0. The zero-order valence-electron chi connectivity index (χ0n) is 5.85. The first kappa shape index (κ1) is 8.28. The average Bonchev–Trinajstić information content (AvgIpc) is 1.98. The monoisotopic (exact) mass is 169 g/mol. The third-order valence-electron chi connectivity index (χ3n) is 1.25. The molecule has 57 valence electrons. The summed E-state index contributed by atoms with van der Waals surface area (Å²) in [6.07, 6.45) is 3.38. The smallest absolute Gasteiger partial charge is 0.141 e. The Hall–Kier alpha value is -0.820. The van der Waals surface area contributed by atoms with Crippen molar-refractivity contribution in [2.75, 3.05) is 0 Å². The third-order valence-corrected chi connectivity index (χ3v) is 1.54. The number of halogens is 2. The fourth-order valence-corrected chi connectivity index (χ4v) is 0.941. The Morgan fingerprint density at radius 1 is 1.45 bits per heavy atom. The second-order valence-electron chi connectivity index (χ2n) is 2.08. The lowest BCUT2D eigenvalue weighted by Crippen LogP contribution is -1.77. The summed E-state index contributed by atoms with van der Waals surface area (Å²) in [5, 5.41) is 0.139. The summed E-state index contributed by atoms with van der Waals surface area (Å²) in [4.78, 5) is 0. The minimum atomic E-state index is -0.395. The van der Waals surface area contributed by atoms with Crippen molar-refractivity contribution >= 4 is 17.7 Å². The normalized spacial score (nSPS) is 10.8. The fraction of sp³-hybridized carbons (Fsp3) is 0. The Labute approximate surface area is 70.3 Å². The molecule has 0 fully saturated rings. The highest BCUT2D eigenvalue weighted by molar-refractivity contribution is 6.30. The van der Waals surface area contributed by atoms with Gasteiger partial charge >= 0.3 is 0 Å². The van der Waals surface area contributed by atoms with Crippen LogP contribution >= 0.6 is 11.6 Å². The predicted octanol–water partition coefficient (Wildman–Crippen LogP) is 3.33. The van der Waals surface area contributed by atoms with Crippen molar-refractivity contribution < 1.29 is 4.39 Å². The number of benzene rings is 1. The molecule has 1 aromatic rings. The van der Waals surface area contributed by atoms with E-state index in [4.69, 9.17) is 11.6 Å². The van der Waals surface area contributed by atoms with Crippen LogP contribution in [0.2, 0.25) is 5.02 Å². The van der Waals surface area contributed by atoms with E-state index in [0.29, 0.717) is 0 Å². The van der Waals surface area contributed by atoms with Crippen molar-refractivity contribution in [3.8, 4) is 0 Å². The van der Waals surface area contributed by atoms with Gasteiger partial charge in [-0.25, -0.2) is 4.39 Å². The molecule has 0 N–H and O–H groups in total.